The molecule has 0 spiro atoms. The Morgan fingerprint density at radius 2 is 1.71 bits per heavy atom. The molecule has 154 valence electrons. The first kappa shape index (κ1) is 24.3. The van der Waals surface area contributed by atoms with Gasteiger partial charge < -0.3 is 11.1 Å². The summed E-state index contributed by atoms with van der Waals surface area (Å²) in [6.45, 7) is 4.97. The smallest absolute Gasteiger partial charge is 0.220 e. The van der Waals surface area contributed by atoms with E-state index in [1.165, 1.54) is 24.0 Å². The van der Waals surface area contributed by atoms with Crippen molar-refractivity contribution < 1.29 is 4.79 Å². The standard InChI is InChI=1S/C22H29N3O.2ClH/c1-17-8-10-19(11-9-17)21(25-14-4-5-15-25)16-24-22(26)13-12-18-6-2-3-7-20(18)23;;/h2-3,6-11,21H,4-5,12-16,23H2,1H3,(H,24,26);2*1H. The molecule has 2 aromatic rings. The topological polar surface area (TPSA) is 58.4 Å². The fraction of sp³-hybridized carbons (Fsp3) is 0.409. The summed E-state index contributed by atoms with van der Waals surface area (Å²) in [4.78, 5) is 14.8. The third-order valence-corrected chi connectivity index (χ3v) is 5.21. The first-order valence-electron chi connectivity index (χ1n) is 9.54. The van der Waals surface area contributed by atoms with E-state index in [1.54, 1.807) is 0 Å². The molecule has 0 radical (unpaired) electrons. The summed E-state index contributed by atoms with van der Waals surface area (Å²) in [6, 6.07) is 16.7. The lowest BCUT2D eigenvalue weighted by Crippen LogP contribution is -2.36. The molecule has 1 aliphatic rings. The zero-order valence-corrected chi connectivity index (χ0v) is 18.0. The van der Waals surface area contributed by atoms with Gasteiger partial charge in [0.05, 0.1) is 6.04 Å². The number of nitrogen functional groups attached to an aromatic ring is 1. The molecule has 0 saturated carbocycles. The van der Waals surface area contributed by atoms with Gasteiger partial charge in [-0.2, -0.15) is 0 Å². The van der Waals surface area contributed by atoms with E-state index in [1.807, 2.05) is 24.3 Å². The van der Waals surface area contributed by atoms with Crippen LogP contribution in [0.15, 0.2) is 48.5 Å². The fourth-order valence-electron chi connectivity index (χ4n) is 3.61. The predicted octanol–water partition coefficient (Wildman–Crippen LogP) is 4.31. The van der Waals surface area contributed by atoms with Gasteiger partial charge >= 0.3 is 0 Å². The van der Waals surface area contributed by atoms with Crippen molar-refractivity contribution in [3.05, 3.63) is 65.2 Å². The van der Waals surface area contributed by atoms with Crippen LogP contribution in [0.1, 0.15) is 42.0 Å². The Morgan fingerprint density at radius 3 is 2.36 bits per heavy atom. The molecule has 1 saturated heterocycles. The quantitative estimate of drug-likeness (QED) is 0.652. The van der Waals surface area contributed by atoms with Gasteiger partial charge in [0, 0.05) is 18.7 Å². The Labute approximate surface area is 180 Å². The highest BCUT2D eigenvalue weighted by molar-refractivity contribution is 5.85. The Bertz CT molecular complexity index is 731. The largest absolute Gasteiger partial charge is 0.399 e. The SMILES string of the molecule is Cc1ccc(C(CNC(=O)CCc2ccccc2N)N2CCCC2)cc1.Cl.Cl. The van der Waals surface area contributed by atoms with Gasteiger partial charge in [-0.05, 0) is 56.5 Å². The maximum atomic E-state index is 12.4. The van der Waals surface area contributed by atoms with Crippen molar-refractivity contribution in [1.82, 2.24) is 10.2 Å². The minimum Gasteiger partial charge on any atom is -0.399 e. The predicted molar refractivity (Wildman–Crippen MR) is 121 cm³/mol. The zero-order chi connectivity index (χ0) is 18.4. The number of hydrogen-bond donors (Lipinski definition) is 2. The van der Waals surface area contributed by atoms with Gasteiger partial charge in [0.15, 0.2) is 0 Å². The molecule has 1 unspecified atom stereocenters. The summed E-state index contributed by atoms with van der Waals surface area (Å²) in [5.41, 5.74) is 10.3. The van der Waals surface area contributed by atoms with Crippen LogP contribution in [0.3, 0.4) is 0 Å². The van der Waals surface area contributed by atoms with Crippen molar-refractivity contribution in [3.8, 4) is 0 Å². The number of nitrogens with one attached hydrogen (secondary N) is 1. The highest BCUT2D eigenvalue weighted by Crippen LogP contribution is 2.25. The van der Waals surface area contributed by atoms with Gasteiger partial charge in [0.1, 0.15) is 0 Å². The Kier molecular flexibility index (Phi) is 10.4. The zero-order valence-electron chi connectivity index (χ0n) is 16.4. The van der Waals surface area contributed by atoms with Crippen LogP contribution in [-0.2, 0) is 11.2 Å². The van der Waals surface area contributed by atoms with Crippen molar-refractivity contribution in [1.29, 1.82) is 0 Å². The summed E-state index contributed by atoms with van der Waals surface area (Å²) in [5.74, 6) is 0.0876. The average Bonchev–Trinajstić information content (AvgIpc) is 3.17. The number of likely N-dealkylation sites (tertiary alicyclic amines) is 1. The second kappa shape index (κ2) is 11.9. The highest BCUT2D eigenvalue weighted by Gasteiger charge is 2.23. The number of anilines is 1. The minimum absolute atomic E-state index is 0. The van der Waals surface area contributed by atoms with Crippen LogP contribution < -0.4 is 11.1 Å². The summed E-state index contributed by atoms with van der Waals surface area (Å²) < 4.78 is 0. The lowest BCUT2D eigenvalue weighted by Gasteiger charge is -2.28. The highest BCUT2D eigenvalue weighted by atomic mass is 35.5. The van der Waals surface area contributed by atoms with E-state index in [9.17, 15) is 4.79 Å². The van der Waals surface area contributed by atoms with Gasteiger partial charge in [-0.3, -0.25) is 9.69 Å². The van der Waals surface area contributed by atoms with Crippen molar-refractivity contribution in [2.75, 3.05) is 25.4 Å². The van der Waals surface area contributed by atoms with Crippen LogP contribution in [0.2, 0.25) is 0 Å². The molecule has 3 N–H and O–H groups in total. The molecule has 0 bridgehead atoms. The monoisotopic (exact) mass is 423 g/mol. The normalized spacial score (nSPS) is 14.6. The first-order chi connectivity index (χ1) is 12.6. The number of halogens is 2. The number of amides is 1. The summed E-state index contributed by atoms with van der Waals surface area (Å²) in [5, 5.41) is 3.14. The summed E-state index contributed by atoms with van der Waals surface area (Å²) in [6.07, 6.45) is 3.62. The van der Waals surface area contributed by atoms with Crippen molar-refractivity contribution in [2.24, 2.45) is 0 Å². The first-order valence-corrected chi connectivity index (χ1v) is 9.54. The number of hydrogen-bond acceptors (Lipinski definition) is 3. The van der Waals surface area contributed by atoms with Crippen LogP contribution in [0.4, 0.5) is 5.69 Å². The van der Waals surface area contributed by atoms with Crippen LogP contribution >= 0.6 is 24.8 Å². The number of nitrogens with zero attached hydrogens (tertiary/aromatic N) is 1. The number of para-hydroxylation sites is 1. The van der Waals surface area contributed by atoms with Crippen LogP contribution in [0.25, 0.3) is 0 Å². The van der Waals surface area contributed by atoms with Gasteiger partial charge in [0.2, 0.25) is 5.91 Å². The molecule has 0 aromatic heterocycles. The van der Waals surface area contributed by atoms with E-state index in [0.29, 0.717) is 19.4 Å². The molecule has 3 rings (SSSR count). The third-order valence-electron chi connectivity index (χ3n) is 5.21. The van der Waals surface area contributed by atoms with E-state index >= 15 is 0 Å². The minimum atomic E-state index is 0. The summed E-state index contributed by atoms with van der Waals surface area (Å²) in [7, 11) is 0. The van der Waals surface area contributed by atoms with E-state index in [-0.39, 0.29) is 36.8 Å². The van der Waals surface area contributed by atoms with Crippen LogP contribution in [0, 0.1) is 6.92 Å². The molecule has 1 fully saturated rings. The Hall–Kier alpha value is -1.75. The molecule has 1 atom stereocenters. The van der Waals surface area contributed by atoms with Crippen molar-refractivity contribution in [3.63, 3.8) is 0 Å². The number of rotatable bonds is 7. The molecule has 4 nitrogen and oxygen atoms in total. The molecule has 1 amide bonds. The maximum Gasteiger partial charge on any atom is 0.220 e. The Morgan fingerprint density at radius 1 is 1.07 bits per heavy atom. The second-order valence-electron chi connectivity index (χ2n) is 7.17. The van der Waals surface area contributed by atoms with E-state index in [2.05, 4.69) is 41.4 Å². The average molecular weight is 424 g/mol. The molecule has 6 heteroatoms. The molecule has 28 heavy (non-hydrogen) atoms. The number of benzene rings is 2. The number of carbonyl (C=O) groups excluding carboxylic acids is 1. The number of nitrogens with two attached hydrogens (primary N) is 1. The lowest BCUT2D eigenvalue weighted by atomic mass is 10.0. The second-order valence-corrected chi connectivity index (χ2v) is 7.17. The molecular formula is C22H31Cl2N3O. The number of carbonyl (C=O) groups is 1. The number of aryl methyl sites for hydroxylation is 2. The third kappa shape index (κ3) is 6.69. The van der Waals surface area contributed by atoms with E-state index < -0.39 is 0 Å². The molecule has 0 aliphatic carbocycles. The Balaban J connectivity index is 0.00000196. The maximum absolute atomic E-state index is 12.4. The van der Waals surface area contributed by atoms with Gasteiger partial charge in [-0.15, -0.1) is 24.8 Å². The molecule has 1 aliphatic heterocycles. The van der Waals surface area contributed by atoms with Gasteiger partial charge in [-0.25, -0.2) is 0 Å². The molecule has 2 aromatic carbocycles. The van der Waals surface area contributed by atoms with Crippen molar-refractivity contribution in [2.45, 2.75) is 38.6 Å². The molecular weight excluding hydrogens is 393 g/mol. The lowest BCUT2D eigenvalue weighted by molar-refractivity contribution is -0.121. The van der Waals surface area contributed by atoms with Crippen LogP contribution in [-0.4, -0.2) is 30.4 Å². The van der Waals surface area contributed by atoms with Crippen molar-refractivity contribution >= 4 is 36.4 Å². The molecule has 1 heterocycles. The van der Waals surface area contributed by atoms with E-state index in [4.69, 9.17) is 5.73 Å². The summed E-state index contributed by atoms with van der Waals surface area (Å²) >= 11 is 0. The van der Waals surface area contributed by atoms with Gasteiger partial charge in [-0.1, -0.05) is 48.0 Å². The van der Waals surface area contributed by atoms with Gasteiger partial charge in [0.25, 0.3) is 0 Å². The van der Waals surface area contributed by atoms with E-state index in [0.717, 1.165) is 24.3 Å². The van der Waals surface area contributed by atoms with Crippen LogP contribution in [0.5, 0.6) is 0 Å². The fourth-order valence-corrected chi connectivity index (χ4v) is 3.61.